The van der Waals surface area contributed by atoms with E-state index in [0.717, 1.165) is 33.7 Å². The highest BCUT2D eigenvalue weighted by atomic mass is 32.2. The first-order chi connectivity index (χ1) is 13.5. The lowest BCUT2D eigenvalue weighted by atomic mass is 10.1. The first kappa shape index (κ1) is 19.9. The second-order valence-corrected chi connectivity index (χ2v) is 7.43. The summed E-state index contributed by atoms with van der Waals surface area (Å²) in [5.74, 6) is 0.668. The summed E-state index contributed by atoms with van der Waals surface area (Å²) in [5.41, 5.74) is 4.52. The molecule has 1 amide bonds. The standard InChI is InChI=1S/C21H23N3O3S/c1-14-8-9-16(15(2)10-14)23-20(25)12-27-21(26)11-24-18-7-5-4-6-17(18)22-19(24)13-28-3/h4-10H,11-13H2,1-3H3,(H,23,25). The Morgan fingerprint density at radius 3 is 2.71 bits per heavy atom. The molecule has 0 fully saturated rings. The van der Waals surface area contributed by atoms with Crippen LogP contribution in [0.4, 0.5) is 5.69 Å². The number of nitrogens with one attached hydrogen (secondary N) is 1. The molecule has 146 valence electrons. The Hall–Kier alpha value is -2.80. The van der Waals surface area contributed by atoms with Gasteiger partial charge in [-0.05, 0) is 43.9 Å². The average Bonchev–Trinajstić information content (AvgIpc) is 3.00. The molecule has 1 heterocycles. The average molecular weight is 398 g/mol. The predicted molar refractivity (Wildman–Crippen MR) is 112 cm³/mol. The number of esters is 1. The fraction of sp³-hybridized carbons (Fsp3) is 0.286. The molecular formula is C21H23N3O3S. The van der Waals surface area contributed by atoms with Crippen LogP contribution in [0, 0.1) is 13.8 Å². The molecule has 2 aromatic carbocycles. The highest BCUT2D eigenvalue weighted by Crippen LogP contribution is 2.19. The number of aromatic nitrogens is 2. The number of anilines is 1. The molecule has 0 saturated carbocycles. The number of thioether (sulfide) groups is 1. The zero-order chi connectivity index (χ0) is 20.1. The van der Waals surface area contributed by atoms with Crippen molar-refractivity contribution in [3.63, 3.8) is 0 Å². The molecule has 0 spiro atoms. The van der Waals surface area contributed by atoms with Gasteiger partial charge in [0.05, 0.1) is 16.8 Å². The SMILES string of the molecule is CSCc1nc2ccccc2n1CC(=O)OCC(=O)Nc1ccc(C)cc1C. The second-order valence-electron chi connectivity index (χ2n) is 6.56. The van der Waals surface area contributed by atoms with Crippen LogP contribution in [0.25, 0.3) is 11.0 Å². The van der Waals surface area contributed by atoms with Crippen LogP contribution in [-0.4, -0.2) is 34.3 Å². The van der Waals surface area contributed by atoms with Gasteiger partial charge in [-0.15, -0.1) is 0 Å². The third-order valence-electron chi connectivity index (χ3n) is 4.31. The zero-order valence-corrected chi connectivity index (χ0v) is 17.0. The van der Waals surface area contributed by atoms with Crippen molar-refractivity contribution < 1.29 is 14.3 Å². The maximum atomic E-state index is 12.3. The number of ether oxygens (including phenoxy) is 1. The zero-order valence-electron chi connectivity index (χ0n) is 16.2. The lowest BCUT2D eigenvalue weighted by Gasteiger charge is -2.11. The fourth-order valence-corrected chi connectivity index (χ4v) is 3.48. The number of fused-ring (bicyclic) bond motifs is 1. The molecule has 7 heteroatoms. The summed E-state index contributed by atoms with van der Waals surface area (Å²) in [5, 5.41) is 2.77. The molecule has 3 rings (SSSR count). The number of para-hydroxylation sites is 2. The van der Waals surface area contributed by atoms with Crippen LogP contribution in [0.15, 0.2) is 42.5 Å². The lowest BCUT2D eigenvalue weighted by Crippen LogP contribution is -2.23. The van der Waals surface area contributed by atoms with Crippen LogP contribution < -0.4 is 5.32 Å². The van der Waals surface area contributed by atoms with Gasteiger partial charge >= 0.3 is 5.97 Å². The van der Waals surface area contributed by atoms with E-state index < -0.39 is 5.97 Å². The summed E-state index contributed by atoms with van der Waals surface area (Å²) in [6, 6.07) is 13.4. The molecule has 0 aliphatic rings. The fourth-order valence-electron chi connectivity index (χ4n) is 3.00. The topological polar surface area (TPSA) is 73.2 Å². The van der Waals surface area contributed by atoms with E-state index in [1.807, 2.05) is 67.1 Å². The smallest absolute Gasteiger partial charge is 0.326 e. The minimum absolute atomic E-state index is 0.0211. The first-order valence-electron chi connectivity index (χ1n) is 8.93. The van der Waals surface area contributed by atoms with Crippen molar-refractivity contribution in [3.05, 3.63) is 59.4 Å². The monoisotopic (exact) mass is 397 g/mol. The number of nitrogens with zero attached hydrogens (tertiary/aromatic N) is 2. The number of rotatable bonds is 7. The predicted octanol–water partition coefficient (Wildman–Crippen LogP) is 3.70. The van der Waals surface area contributed by atoms with Gasteiger partial charge in [-0.2, -0.15) is 11.8 Å². The van der Waals surface area contributed by atoms with Crippen LogP contribution in [0.3, 0.4) is 0 Å². The van der Waals surface area contributed by atoms with Gasteiger partial charge in [-0.25, -0.2) is 4.98 Å². The molecule has 1 N–H and O–H groups in total. The third-order valence-corrected chi connectivity index (χ3v) is 4.86. The second kappa shape index (κ2) is 8.93. The van der Waals surface area contributed by atoms with E-state index in [2.05, 4.69) is 10.3 Å². The lowest BCUT2D eigenvalue weighted by molar-refractivity contribution is -0.147. The van der Waals surface area contributed by atoms with Crippen LogP contribution >= 0.6 is 11.8 Å². The Labute approximate surface area is 168 Å². The summed E-state index contributed by atoms with van der Waals surface area (Å²) in [6.45, 7) is 3.61. The van der Waals surface area contributed by atoms with Crippen LogP contribution in [-0.2, 0) is 26.6 Å². The Bertz CT molecular complexity index is 1010. The van der Waals surface area contributed by atoms with E-state index >= 15 is 0 Å². The van der Waals surface area contributed by atoms with Crippen molar-refractivity contribution in [2.24, 2.45) is 0 Å². The number of carbonyl (C=O) groups excluding carboxylic acids is 2. The number of amides is 1. The largest absolute Gasteiger partial charge is 0.454 e. The Morgan fingerprint density at radius 2 is 1.96 bits per heavy atom. The van der Waals surface area contributed by atoms with Crippen molar-refractivity contribution in [3.8, 4) is 0 Å². The molecular weight excluding hydrogens is 374 g/mol. The Kier molecular flexibility index (Phi) is 6.36. The first-order valence-corrected chi connectivity index (χ1v) is 10.3. The maximum Gasteiger partial charge on any atom is 0.326 e. The van der Waals surface area contributed by atoms with Gasteiger partial charge in [-0.1, -0.05) is 29.8 Å². The van der Waals surface area contributed by atoms with E-state index in [9.17, 15) is 9.59 Å². The van der Waals surface area contributed by atoms with Crippen molar-refractivity contribution in [2.75, 3.05) is 18.2 Å². The molecule has 3 aromatic rings. The van der Waals surface area contributed by atoms with Gasteiger partial charge in [0.1, 0.15) is 12.4 Å². The molecule has 28 heavy (non-hydrogen) atoms. The number of hydrogen-bond acceptors (Lipinski definition) is 5. The van der Waals surface area contributed by atoms with E-state index in [1.165, 1.54) is 0 Å². The van der Waals surface area contributed by atoms with Crippen molar-refractivity contribution >= 4 is 40.4 Å². The van der Waals surface area contributed by atoms with Gasteiger partial charge in [0, 0.05) is 5.69 Å². The maximum absolute atomic E-state index is 12.3. The summed E-state index contributed by atoms with van der Waals surface area (Å²) in [6.07, 6.45) is 1.99. The summed E-state index contributed by atoms with van der Waals surface area (Å²) >= 11 is 1.63. The van der Waals surface area contributed by atoms with Crippen molar-refractivity contribution in [1.29, 1.82) is 0 Å². The highest BCUT2D eigenvalue weighted by molar-refractivity contribution is 7.97. The number of carbonyl (C=O) groups is 2. The van der Waals surface area contributed by atoms with Gasteiger partial charge < -0.3 is 14.6 Å². The highest BCUT2D eigenvalue weighted by Gasteiger charge is 2.15. The molecule has 0 bridgehead atoms. The molecule has 0 saturated heterocycles. The summed E-state index contributed by atoms with van der Waals surface area (Å²) in [4.78, 5) is 29.0. The molecule has 0 atom stereocenters. The van der Waals surface area contributed by atoms with Gasteiger partial charge in [0.2, 0.25) is 0 Å². The molecule has 0 aliphatic heterocycles. The molecule has 1 aromatic heterocycles. The number of imidazole rings is 1. The Balaban J connectivity index is 1.62. The molecule has 6 nitrogen and oxygen atoms in total. The number of benzene rings is 2. The van der Waals surface area contributed by atoms with Gasteiger partial charge in [0.15, 0.2) is 6.61 Å². The van der Waals surface area contributed by atoms with E-state index in [4.69, 9.17) is 4.74 Å². The number of aryl methyl sites for hydroxylation is 2. The molecule has 0 aliphatic carbocycles. The Morgan fingerprint density at radius 1 is 1.18 bits per heavy atom. The summed E-state index contributed by atoms with van der Waals surface area (Å²) in [7, 11) is 0. The normalized spacial score (nSPS) is 10.8. The summed E-state index contributed by atoms with van der Waals surface area (Å²) < 4.78 is 7.03. The van der Waals surface area contributed by atoms with Gasteiger partial charge in [0.25, 0.3) is 5.91 Å². The third kappa shape index (κ3) is 4.72. The quantitative estimate of drug-likeness (QED) is 0.616. The number of hydrogen-bond donors (Lipinski definition) is 1. The van der Waals surface area contributed by atoms with E-state index in [1.54, 1.807) is 11.8 Å². The van der Waals surface area contributed by atoms with Crippen LogP contribution in [0.5, 0.6) is 0 Å². The van der Waals surface area contributed by atoms with Crippen molar-refractivity contribution in [1.82, 2.24) is 9.55 Å². The molecule has 0 unspecified atom stereocenters. The minimum atomic E-state index is -0.471. The van der Waals surface area contributed by atoms with Crippen molar-refractivity contribution in [2.45, 2.75) is 26.1 Å². The minimum Gasteiger partial charge on any atom is -0.454 e. The van der Waals surface area contributed by atoms with E-state index in [-0.39, 0.29) is 19.1 Å². The van der Waals surface area contributed by atoms with E-state index in [0.29, 0.717) is 5.75 Å². The van der Waals surface area contributed by atoms with Gasteiger partial charge in [-0.3, -0.25) is 9.59 Å². The molecule has 0 radical (unpaired) electrons. The van der Waals surface area contributed by atoms with Crippen LogP contribution in [0.2, 0.25) is 0 Å². The van der Waals surface area contributed by atoms with Crippen LogP contribution in [0.1, 0.15) is 17.0 Å².